The number of halogens is 3. The van der Waals surface area contributed by atoms with Crippen LogP contribution in [0.2, 0.25) is 0 Å². The molecule has 2 aromatic rings. The highest BCUT2D eigenvalue weighted by Crippen LogP contribution is 2.33. The largest absolute Gasteiger partial charge is 0.417 e. The first kappa shape index (κ1) is 17.0. The molecule has 6 nitrogen and oxygen atoms in total. The van der Waals surface area contributed by atoms with Crippen molar-refractivity contribution in [1.29, 1.82) is 5.26 Å². The van der Waals surface area contributed by atoms with Gasteiger partial charge in [-0.15, -0.1) is 0 Å². The highest BCUT2D eigenvalue weighted by atomic mass is 19.4. The van der Waals surface area contributed by atoms with Gasteiger partial charge in [0, 0.05) is 11.9 Å². The van der Waals surface area contributed by atoms with E-state index in [1.165, 1.54) is 24.3 Å². The number of hydrogen-bond acceptors (Lipinski definition) is 4. The third kappa shape index (κ3) is 3.67. The van der Waals surface area contributed by atoms with Crippen molar-refractivity contribution in [1.82, 2.24) is 4.98 Å². The Kier molecular flexibility index (Phi) is 4.50. The number of benzene rings is 1. The van der Waals surface area contributed by atoms with Crippen LogP contribution in [0.5, 0.6) is 0 Å². The number of nitrogens with zero attached hydrogens (tertiary/aromatic N) is 2. The van der Waals surface area contributed by atoms with Crippen molar-refractivity contribution >= 4 is 17.5 Å². The molecule has 0 atom stereocenters. The molecule has 24 heavy (non-hydrogen) atoms. The van der Waals surface area contributed by atoms with E-state index in [2.05, 4.69) is 10.3 Å². The molecule has 3 N–H and O–H groups in total. The number of carbonyl (C=O) groups excluding carboxylic acids is 2. The standard InChI is InChI=1S/C15H9F3N4O2/c16-15(17,18)11-5-10(3-1-8(11)6-19)22-14(24)12-4-2-9(7-21-12)13(20)23/h1-5,7H,(H2,20,23)(H,22,24). The average molecular weight is 334 g/mol. The fourth-order valence-corrected chi connectivity index (χ4v) is 1.82. The van der Waals surface area contributed by atoms with Crippen LogP contribution in [0.1, 0.15) is 32.0 Å². The molecule has 1 heterocycles. The summed E-state index contributed by atoms with van der Waals surface area (Å²) in [6.45, 7) is 0. The van der Waals surface area contributed by atoms with E-state index in [0.29, 0.717) is 6.07 Å². The minimum absolute atomic E-state index is 0.0873. The number of anilines is 1. The Balaban J connectivity index is 2.26. The molecule has 0 aliphatic carbocycles. The molecule has 0 aliphatic heterocycles. The zero-order valence-electron chi connectivity index (χ0n) is 11.9. The van der Waals surface area contributed by atoms with Crippen molar-refractivity contribution in [3.63, 3.8) is 0 Å². The molecule has 122 valence electrons. The maximum Gasteiger partial charge on any atom is 0.417 e. The van der Waals surface area contributed by atoms with Gasteiger partial charge in [-0.25, -0.2) is 0 Å². The van der Waals surface area contributed by atoms with E-state index >= 15 is 0 Å². The van der Waals surface area contributed by atoms with Gasteiger partial charge >= 0.3 is 6.18 Å². The Morgan fingerprint density at radius 2 is 1.92 bits per heavy atom. The number of primary amides is 1. The van der Waals surface area contributed by atoms with Gasteiger partial charge in [0.1, 0.15) is 5.69 Å². The first-order valence-electron chi connectivity index (χ1n) is 6.41. The minimum Gasteiger partial charge on any atom is -0.366 e. The summed E-state index contributed by atoms with van der Waals surface area (Å²) in [5.41, 5.74) is 3.16. The number of aromatic nitrogens is 1. The topological polar surface area (TPSA) is 109 Å². The summed E-state index contributed by atoms with van der Waals surface area (Å²) in [6, 6.07) is 6.71. The molecule has 0 saturated heterocycles. The first-order chi connectivity index (χ1) is 11.2. The number of rotatable bonds is 3. The van der Waals surface area contributed by atoms with Crippen LogP contribution in [0.25, 0.3) is 0 Å². The van der Waals surface area contributed by atoms with Crippen molar-refractivity contribution in [2.45, 2.75) is 6.18 Å². The fraction of sp³-hybridized carbons (Fsp3) is 0.0667. The van der Waals surface area contributed by atoms with Crippen LogP contribution < -0.4 is 11.1 Å². The molecule has 2 rings (SSSR count). The number of nitrogens with one attached hydrogen (secondary N) is 1. The van der Waals surface area contributed by atoms with Gasteiger partial charge in [0.05, 0.1) is 22.8 Å². The Hall–Kier alpha value is -3.41. The van der Waals surface area contributed by atoms with Crippen molar-refractivity contribution in [2.24, 2.45) is 5.73 Å². The first-order valence-corrected chi connectivity index (χ1v) is 6.41. The van der Waals surface area contributed by atoms with Crippen molar-refractivity contribution in [3.05, 3.63) is 58.9 Å². The van der Waals surface area contributed by atoms with Crippen LogP contribution in [0.4, 0.5) is 18.9 Å². The zero-order chi connectivity index (χ0) is 17.9. The third-order valence-corrected chi connectivity index (χ3v) is 2.98. The quantitative estimate of drug-likeness (QED) is 0.897. The summed E-state index contributed by atoms with van der Waals surface area (Å²) in [5, 5.41) is 11.0. The summed E-state index contributed by atoms with van der Waals surface area (Å²) in [7, 11) is 0. The van der Waals surface area contributed by atoms with Gasteiger partial charge in [0.25, 0.3) is 5.91 Å². The molecule has 0 spiro atoms. The second kappa shape index (κ2) is 6.37. The number of nitrogens with two attached hydrogens (primary N) is 1. The summed E-state index contributed by atoms with van der Waals surface area (Å²) in [5.74, 6) is -1.50. The second-order valence-electron chi connectivity index (χ2n) is 4.62. The van der Waals surface area contributed by atoms with E-state index in [1.807, 2.05) is 0 Å². The van der Waals surface area contributed by atoms with E-state index in [0.717, 1.165) is 12.3 Å². The summed E-state index contributed by atoms with van der Waals surface area (Å²) >= 11 is 0. The number of nitriles is 1. The van der Waals surface area contributed by atoms with E-state index in [4.69, 9.17) is 11.0 Å². The summed E-state index contributed by atoms with van der Waals surface area (Å²) < 4.78 is 38.6. The van der Waals surface area contributed by atoms with Crippen LogP contribution in [-0.4, -0.2) is 16.8 Å². The predicted octanol–water partition coefficient (Wildman–Crippen LogP) is 2.32. The fourth-order valence-electron chi connectivity index (χ4n) is 1.82. The van der Waals surface area contributed by atoms with Crippen molar-refractivity contribution < 1.29 is 22.8 Å². The van der Waals surface area contributed by atoms with Gasteiger partial charge < -0.3 is 11.1 Å². The van der Waals surface area contributed by atoms with Gasteiger partial charge in [0.15, 0.2) is 0 Å². The smallest absolute Gasteiger partial charge is 0.366 e. The molecule has 0 bridgehead atoms. The number of carbonyl (C=O) groups is 2. The van der Waals surface area contributed by atoms with Crippen molar-refractivity contribution in [3.8, 4) is 6.07 Å². The van der Waals surface area contributed by atoms with Crippen LogP contribution in [-0.2, 0) is 6.18 Å². The number of pyridine rings is 1. The van der Waals surface area contributed by atoms with Crippen LogP contribution in [0.15, 0.2) is 36.5 Å². The van der Waals surface area contributed by atoms with Gasteiger partial charge in [0.2, 0.25) is 5.91 Å². The van der Waals surface area contributed by atoms with E-state index in [9.17, 15) is 22.8 Å². The number of alkyl halides is 3. The summed E-state index contributed by atoms with van der Waals surface area (Å²) in [6.07, 6.45) is -3.65. The minimum atomic E-state index is -4.73. The maximum absolute atomic E-state index is 12.9. The van der Waals surface area contributed by atoms with E-state index in [1.54, 1.807) is 0 Å². The highest BCUT2D eigenvalue weighted by Gasteiger charge is 2.34. The molecule has 0 saturated carbocycles. The van der Waals surface area contributed by atoms with Crippen LogP contribution >= 0.6 is 0 Å². The highest BCUT2D eigenvalue weighted by molar-refractivity contribution is 6.03. The lowest BCUT2D eigenvalue weighted by Crippen LogP contribution is -2.16. The lowest BCUT2D eigenvalue weighted by atomic mass is 10.1. The molecule has 0 radical (unpaired) electrons. The Labute approximate surface area is 133 Å². The second-order valence-corrected chi connectivity index (χ2v) is 4.62. The lowest BCUT2D eigenvalue weighted by molar-refractivity contribution is -0.137. The molecule has 0 fully saturated rings. The molecular weight excluding hydrogens is 325 g/mol. The molecule has 0 aliphatic rings. The lowest BCUT2D eigenvalue weighted by Gasteiger charge is -2.11. The summed E-state index contributed by atoms with van der Waals surface area (Å²) in [4.78, 5) is 26.6. The number of hydrogen-bond donors (Lipinski definition) is 2. The molecule has 1 aromatic heterocycles. The number of amides is 2. The molecule has 1 aromatic carbocycles. The van der Waals surface area contributed by atoms with Gasteiger partial charge in [-0.05, 0) is 30.3 Å². The zero-order valence-corrected chi connectivity index (χ0v) is 11.9. The van der Waals surface area contributed by atoms with E-state index < -0.39 is 29.1 Å². The maximum atomic E-state index is 12.9. The SMILES string of the molecule is N#Cc1ccc(NC(=O)c2ccc(C(N)=O)cn2)cc1C(F)(F)F. The third-order valence-electron chi connectivity index (χ3n) is 2.98. The molecule has 2 amide bonds. The van der Waals surface area contributed by atoms with Gasteiger partial charge in [-0.2, -0.15) is 18.4 Å². The Morgan fingerprint density at radius 3 is 2.42 bits per heavy atom. The molecular formula is C15H9F3N4O2. The molecule has 9 heteroatoms. The normalized spacial score (nSPS) is 10.8. The Morgan fingerprint density at radius 1 is 1.21 bits per heavy atom. The Bertz CT molecular complexity index is 839. The van der Waals surface area contributed by atoms with E-state index in [-0.39, 0.29) is 16.9 Å². The average Bonchev–Trinajstić information content (AvgIpc) is 2.54. The van der Waals surface area contributed by atoms with Crippen LogP contribution in [0.3, 0.4) is 0 Å². The van der Waals surface area contributed by atoms with Crippen LogP contribution in [0, 0.1) is 11.3 Å². The van der Waals surface area contributed by atoms with Gasteiger partial charge in [-0.3, -0.25) is 14.6 Å². The predicted molar refractivity (Wildman–Crippen MR) is 76.9 cm³/mol. The monoisotopic (exact) mass is 334 g/mol. The van der Waals surface area contributed by atoms with Crippen molar-refractivity contribution in [2.75, 3.05) is 5.32 Å². The van der Waals surface area contributed by atoms with Gasteiger partial charge in [-0.1, -0.05) is 0 Å². The molecule has 0 unspecified atom stereocenters.